The Labute approximate surface area is 116 Å². The van der Waals surface area contributed by atoms with Crippen molar-refractivity contribution in [2.75, 3.05) is 18.1 Å². The topological polar surface area (TPSA) is 46.2 Å². The van der Waals surface area contributed by atoms with Crippen LogP contribution in [-0.4, -0.2) is 32.5 Å². The van der Waals surface area contributed by atoms with Crippen molar-refractivity contribution in [2.45, 2.75) is 32.2 Å². The van der Waals surface area contributed by atoms with Crippen LogP contribution in [0.1, 0.15) is 31.7 Å². The van der Waals surface area contributed by atoms with Crippen molar-refractivity contribution in [3.8, 4) is 0 Å². The van der Waals surface area contributed by atoms with Crippen molar-refractivity contribution < 1.29 is 8.42 Å². The molecule has 1 aliphatic rings. The van der Waals surface area contributed by atoms with Gasteiger partial charge < -0.3 is 5.32 Å². The number of sulfone groups is 1. The van der Waals surface area contributed by atoms with Crippen molar-refractivity contribution in [1.29, 1.82) is 0 Å². The number of benzene rings is 1. The van der Waals surface area contributed by atoms with Gasteiger partial charge >= 0.3 is 0 Å². The van der Waals surface area contributed by atoms with E-state index in [-0.39, 0.29) is 5.92 Å². The second-order valence-corrected chi connectivity index (χ2v) is 7.97. The fourth-order valence-electron chi connectivity index (χ4n) is 2.76. The standard InChI is InChI=1S/C15H23NO2S/c1-12(2)16-10-15(13-6-4-3-5-7-13)14-8-9-19(17,18)11-14/h3-7,12,14-16H,8-11H2,1-2H3. The lowest BCUT2D eigenvalue weighted by Crippen LogP contribution is -2.31. The maximum atomic E-state index is 11.7. The first kappa shape index (κ1) is 14.5. The van der Waals surface area contributed by atoms with Gasteiger partial charge in [-0.25, -0.2) is 8.42 Å². The third-order valence-corrected chi connectivity index (χ3v) is 5.60. The van der Waals surface area contributed by atoms with Gasteiger partial charge in [-0.15, -0.1) is 0 Å². The number of hydrogen-bond acceptors (Lipinski definition) is 3. The monoisotopic (exact) mass is 281 g/mol. The minimum atomic E-state index is -2.81. The first-order chi connectivity index (χ1) is 8.98. The SMILES string of the molecule is CC(C)NCC(c1ccccc1)C1CCS(=O)(=O)C1. The second kappa shape index (κ2) is 6.06. The maximum absolute atomic E-state index is 11.7. The summed E-state index contributed by atoms with van der Waals surface area (Å²) in [5, 5.41) is 3.45. The van der Waals surface area contributed by atoms with E-state index in [9.17, 15) is 8.42 Å². The zero-order valence-electron chi connectivity index (χ0n) is 11.7. The lowest BCUT2D eigenvalue weighted by atomic mass is 9.85. The summed E-state index contributed by atoms with van der Waals surface area (Å²) in [4.78, 5) is 0. The molecule has 0 aliphatic carbocycles. The molecule has 19 heavy (non-hydrogen) atoms. The summed E-state index contributed by atoms with van der Waals surface area (Å²) in [7, 11) is -2.81. The lowest BCUT2D eigenvalue weighted by Gasteiger charge is -2.24. The van der Waals surface area contributed by atoms with Gasteiger partial charge in [0.1, 0.15) is 0 Å². The van der Waals surface area contributed by atoms with Crippen molar-refractivity contribution >= 4 is 9.84 Å². The smallest absolute Gasteiger partial charge is 0.150 e. The quantitative estimate of drug-likeness (QED) is 0.900. The summed E-state index contributed by atoms with van der Waals surface area (Å²) < 4.78 is 23.4. The van der Waals surface area contributed by atoms with E-state index < -0.39 is 9.84 Å². The molecule has 2 unspecified atom stereocenters. The minimum Gasteiger partial charge on any atom is -0.314 e. The molecule has 0 amide bonds. The molecule has 1 aromatic carbocycles. The summed E-state index contributed by atoms with van der Waals surface area (Å²) in [5.41, 5.74) is 1.25. The Bertz CT molecular complexity index is 496. The Morgan fingerprint density at radius 2 is 1.95 bits per heavy atom. The van der Waals surface area contributed by atoms with Crippen molar-refractivity contribution in [2.24, 2.45) is 5.92 Å². The van der Waals surface area contributed by atoms with E-state index in [1.54, 1.807) is 0 Å². The summed E-state index contributed by atoms with van der Waals surface area (Å²) in [5.74, 6) is 1.23. The number of rotatable bonds is 5. The second-order valence-electron chi connectivity index (χ2n) is 5.74. The highest BCUT2D eigenvalue weighted by atomic mass is 32.2. The third kappa shape index (κ3) is 4.05. The van der Waals surface area contributed by atoms with Crippen LogP contribution in [0.4, 0.5) is 0 Å². The van der Waals surface area contributed by atoms with Crippen LogP contribution in [0.15, 0.2) is 30.3 Å². The van der Waals surface area contributed by atoms with Gasteiger partial charge in [0.05, 0.1) is 11.5 Å². The van der Waals surface area contributed by atoms with E-state index in [0.29, 0.717) is 23.5 Å². The summed E-state index contributed by atoms with van der Waals surface area (Å²) in [6.45, 7) is 5.09. The Hall–Kier alpha value is -0.870. The molecule has 1 heterocycles. The van der Waals surface area contributed by atoms with Crippen LogP contribution in [-0.2, 0) is 9.84 Å². The molecule has 0 radical (unpaired) electrons. The van der Waals surface area contributed by atoms with Crippen LogP contribution >= 0.6 is 0 Å². The minimum absolute atomic E-state index is 0.249. The Morgan fingerprint density at radius 3 is 2.47 bits per heavy atom. The number of nitrogens with one attached hydrogen (secondary N) is 1. The van der Waals surface area contributed by atoms with Gasteiger partial charge in [0.15, 0.2) is 9.84 Å². The van der Waals surface area contributed by atoms with E-state index >= 15 is 0 Å². The predicted octanol–water partition coefficient (Wildman–Crippen LogP) is 2.20. The molecule has 3 nitrogen and oxygen atoms in total. The fraction of sp³-hybridized carbons (Fsp3) is 0.600. The van der Waals surface area contributed by atoms with E-state index in [2.05, 4.69) is 31.3 Å². The van der Waals surface area contributed by atoms with E-state index in [1.807, 2.05) is 18.2 Å². The molecule has 0 aromatic heterocycles. The van der Waals surface area contributed by atoms with Crippen LogP contribution in [0.25, 0.3) is 0 Å². The zero-order chi connectivity index (χ0) is 13.9. The Kier molecular flexibility index (Phi) is 4.63. The van der Waals surface area contributed by atoms with Gasteiger partial charge in [-0.1, -0.05) is 44.2 Å². The maximum Gasteiger partial charge on any atom is 0.150 e. The van der Waals surface area contributed by atoms with Crippen molar-refractivity contribution in [3.05, 3.63) is 35.9 Å². The van der Waals surface area contributed by atoms with E-state index in [1.165, 1.54) is 5.56 Å². The van der Waals surface area contributed by atoms with E-state index in [4.69, 9.17) is 0 Å². The molecule has 0 spiro atoms. The van der Waals surface area contributed by atoms with Crippen LogP contribution in [0.2, 0.25) is 0 Å². The third-order valence-electron chi connectivity index (χ3n) is 3.81. The summed E-state index contributed by atoms with van der Waals surface area (Å²) >= 11 is 0. The van der Waals surface area contributed by atoms with Crippen LogP contribution < -0.4 is 5.32 Å². The van der Waals surface area contributed by atoms with Crippen LogP contribution in [0.3, 0.4) is 0 Å². The average molecular weight is 281 g/mol. The molecule has 1 aliphatic heterocycles. The molecular weight excluding hydrogens is 258 g/mol. The van der Waals surface area contributed by atoms with Gasteiger partial charge in [0.2, 0.25) is 0 Å². The summed E-state index contributed by atoms with van der Waals surface area (Å²) in [6, 6.07) is 10.7. The predicted molar refractivity (Wildman–Crippen MR) is 79.1 cm³/mol. The van der Waals surface area contributed by atoms with Gasteiger partial charge in [-0.2, -0.15) is 0 Å². The highest BCUT2D eigenvalue weighted by Crippen LogP contribution is 2.32. The molecule has 1 aromatic rings. The highest BCUT2D eigenvalue weighted by molar-refractivity contribution is 7.91. The van der Waals surface area contributed by atoms with Crippen LogP contribution in [0.5, 0.6) is 0 Å². The molecule has 2 atom stereocenters. The molecule has 0 bridgehead atoms. The molecular formula is C15H23NO2S. The normalized spacial score (nSPS) is 23.6. The van der Waals surface area contributed by atoms with Gasteiger partial charge in [-0.3, -0.25) is 0 Å². The summed E-state index contributed by atoms with van der Waals surface area (Å²) in [6.07, 6.45) is 0.793. The average Bonchev–Trinajstić information content (AvgIpc) is 2.71. The first-order valence-electron chi connectivity index (χ1n) is 6.97. The number of hydrogen-bond donors (Lipinski definition) is 1. The Morgan fingerprint density at radius 1 is 1.26 bits per heavy atom. The lowest BCUT2D eigenvalue weighted by molar-refractivity contribution is 0.422. The van der Waals surface area contributed by atoms with Gasteiger partial charge in [0.25, 0.3) is 0 Å². The van der Waals surface area contributed by atoms with Crippen LogP contribution in [0, 0.1) is 5.92 Å². The van der Waals surface area contributed by atoms with Gasteiger partial charge in [-0.05, 0) is 17.9 Å². The van der Waals surface area contributed by atoms with Crippen molar-refractivity contribution in [3.63, 3.8) is 0 Å². The zero-order valence-corrected chi connectivity index (χ0v) is 12.5. The van der Waals surface area contributed by atoms with Crippen molar-refractivity contribution in [1.82, 2.24) is 5.32 Å². The largest absolute Gasteiger partial charge is 0.314 e. The van der Waals surface area contributed by atoms with Gasteiger partial charge in [0, 0.05) is 18.5 Å². The fourth-order valence-corrected chi connectivity index (χ4v) is 4.64. The van der Waals surface area contributed by atoms with E-state index in [0.717, 1.165) is 13.0 Å². The molecule has 2 rings (SSSR count). The molecule has 0 saturated carbocycles. The first-order valence-corrected chi connectivity index (χ1v) is 8.79. The molecule has 1 saturated heterocycles. The molecule has 1 fully saturated rings. The molecule has 4 heteroatoms. The highest BCUT2D eigenvalue weighted by Gasteiger charge is 2.34. The molecule has 1 N–H and O–H groups in total. The molecule has 106 valence electrons. The Balaban J connectivity index is 2.15.